The zero-order chi connectivity index (χ0) is 9.90. The van der Waals surface area contributed by atoms with Crippen LogP contribution in [0.25, 0.3) is 0 Å². The van der Waals surface area contributed by atoms with Gasteiger partial charge in [0.05, 0.1) is 5.75 Å². The Morgan fingerprint density at radius 3 is 2.69 bits per heavy atom. The average Bonchev–Trinajstić information content (AvgIpc) is 2.47. The Bertz CT molecular complexity index is 268. The number of aromatic nitrogens is 2. The third-order valence-electron chi connectivity index (χ3n) is 1.23. The van der Waals surface area contributed by atoms with Gasteiger partial charge in [0, 0.05) is 4.75 Å². The smallest absolute Gasteiger partial charge is 0.314 e. The monoisotopic (exact) mass is 202 g/mol. The Hall–Kier alpha value is -0.750. The molecule has 13 heavy (non-hydrogen) atoms. The van der Waals surface area contributed by atoms with Crippen molar-refractivity contribution < 1.29 is 4.52 Å². The molecular formula is C7H14N4OS. The van der Waals surface area contributed by atoms with Gasteiger partial charge in [-0.25, -0.2) is 5.84 Å². The van der Waals surface area contributed by atoms with Crippen LogP contribution in [0.4, 0.5) is 6.01 Å². The van der Waals surface area contributed by atoms with Crippen molar-refractivity contribution in [3.05, 3.63) is 5.82 Å². The molecule has 1 heterocycles. The van der Waals surface area contributed by atoms with Crippen molar-refractivity contribution in [3.63, 3.8) is 0 Å². The summed E-state index contributed by atoms with van der Waals surface area (Å²) in [4.78, 5) is 4.00. The standard InChI is InChI=1S/C7H14N4OS/c1-7(2,3)13-4-5-9-6(10-8)12-11-5/h4,8H2,1-3H3,(H,9,10,11). The molecule has 0 aliphatic carbocycles. The Kier molecular flexibility index (Phi) is 3.16. The zero-order valence-corrected chi connectivity index (χ0v) is 8.81. The minimum Gasteiger partial charge on any atom is -0.314 e. The predicted molar refractivity (Wildman–Crippen MR) is 53.2 cm³/mol. The van der Waals surface area contributed by atoms with Gasteiger partial charge in [-0.15, -0.1) is 11.8 Å². The number of hydrazine groups is 1. The summed E-state index contributed by atoms with van der Waals surface area (Å²) in [6.07, 6.45) is 0. The summed E-state index contributed by atoms with van der Waals surface area (Å²) in [6.45, 7) is 6.42. The van der Waals surface area contributed by atoms with Crippen LogP contribution >= 0.6 is 11.8 Å². The maximum atomic E-state index is 5.09. The molecule has 0 saturated heterocycles. The van der Waals surface area contributed by atoms with Gasteiger partial charge in [-0.2, -0.15) is 4.98 Å². The van der Waals surface area contributed by atoms with E-state index in [2.05, 4.69) is 36.3 Å². The molecule has 0 aliphatic rings. The highest BCUT2D eigenvalue weighted by Gasteiger charge is 2.13. The zero-order valence-electron chi connectivity index (χ0n) is 8.00. The highest BCUT2D eigenvalue weighted by Crippen LogP contribution is 2.26. The lowest BCUT2D eigenvalue weighted by Gasteiger charge is -2.15. The Morgan fingerprint density at radius 2 is 2.23 bits per heavy atom. The second kappa shape index (κ2) is 3.97. The Labute approximate surface area is 81.4 Å². The summed E-state index contributed by atoms with van der Waals surface area (Å²) >= 11 is 1.76. The number of thioether (sulfide) groups is 1. The molecule has 0 bridgehead atoms. The van der Waals surface area contributed by atoms with E-state index in [9.17, 15) is 0 Å². The minimum absolute atomic E-state index is 0.205. The van der Waals surface area contributed by atoms with Crippen LogP contribution in [0.5, 0.6) is 0 Å². The van der Waals surface area contributed by atoms with E-state index in [1.54, 1.807) is 11.8 Å². The summed E-state index contributed by atoms with van der Waals surface area (Å²) in [7, 11) is 0. The van der Waals surface area contributed by atoms with Crippen molar-refractivity contribution in [1.82, 2.24) is 10.1 Å². The first-order valence-electron chi connectivity index (χ1n) is 3.94. The van der Waals surface area contributed by atoms with Gasteiger partial charge in [0.1, 0.15) is 0 Å². The first kappa shape index (κ1) is 10.3. The van der Waals surface area contributed by atoms with Gasteiger partial charge in [-0.05, 0) is 0 Å². The van der Waals surface area contributed by atoms with Gasteiger partial charge in [0.2, 0.25) is 0 Å². The van der Waals surface area contributed by atoms with E-state index in [1.165, 1.54) is 0 Å². The molecule has 0 unspecified atom stereocenters. The van der Waals surface area contributed by atoms with Gasteiger partial charge in [0.25, 0.3) is 0 Å². The molecule has 3 N–H and O–H groups in total. The van der Waals surface area contributed by atoms with Crippen molar-refractivity contribution in [2.75, 3.05) is 5.43 Å². The van der Waals surface area contributed by atoms with Gasteiger partial charge < -0.3 is 4.52 Å². The first-order chi connectivity index (χ1) is 6.01. The fraction of sp³-hybridized carbons (Fsp3) is 0.714. The lowest BCUT2D eigenvalue weighted by molar-refractivity contribution is 0.425. The maximum absolute atomic E-state index is 5.09. The number of anilines is 1. The van der Waals surface area contributed by atoms with Crippen molar-refractivity contribution in [3.8, 4) is 0 Å². The van der Waals surface area contributed by atoms with Crippen LogP contribution in [-0.4, -0.2) is 14.9 Å². The summed E-state index contributed by atoms with van der Waals surface area (Å²) in [5, 5.41) is 3.74. The van der Waals surface area contributed by atoms with E-state index in [0.29, 0.717) is 5.82 Å². The van der Waals surface area contributed by atoms with Crippen LogP contribution in [0.3, 0.4) is 0 Å². The fourth-order valence-corrected chi connectivity index (χ4v) is 1.33. The first-order valence-corrected chi connectivity index (χ1v) is 4.93. The fourth-order valence-electron chi connectivity index (χ4n) is 0.652. The summed E-state index contributed by atoms with van der Waals surface area (Å²) < 4.78 is 4.97. The largest absolute Gasteiger partial charge is 0.335 e. The summed E-state index contributed by atoms with van der Waals surface area (Å²) in [5.41, 5.74) is 2.29. The normalized spacial score (nSPS) is 11.7. The van der Waals surface area contributed by atoms with Crippen molar-refractivity contribution in [2.45, 2.75) is 31.3 Å². The van der Waals surface area contributed by atoms with Crippen LogP contribution < -0.4 is 11.3 Å². The molecule has 0 spiro atoms. The van der Waals surface area contributed by atoms with Crippen LogP contribution in [0, 0.1) is 0 Å². The third-order valence-corrected chi connectivity index (χ3v) is 2.49. The number of nitrogens with two attached hydrogens (primary N) is 1. The predicted octanol–water partition coefficient (Wildman–Crippen LogP) is 1.39. The van der Waals surface area contributed by atoms with Gasteiger partial charge in [-0.1, -0.05) is 25.9 Å². The molecule has 0 radical (unpaired) electrons. The lowest BCUT2D eigenvalue weighted by atomic mass is 10.3. The number of rotatable bonds is 3. The molecular weight excluding hydrogens is 188 g/mol. The number of hydrogen-bond donors (Lipinski definition) is 2. The highest BCUT2D eigenvalue weighted by molar-refractivity contribution is 7.99. The molecule has 0 fully saturated rings. The van der Waals surface area contributed by atoms with Gasteiger partial charge in [-0.3, -0.25) is 5.43 Å². The molecule has 6 heteroatoms. The van der Waals surface area contributed by atoms with Crippen molar-refractivity contribution >= 4 is 17.8 Å². The van der Waals surface area contributed by atoms with Crippen LogP contribution in [0.2, 0.25) is 0 Å². The molecule has 0 atom stereocenters. The van der Waals surface area contributed by atoms with Crippen LogP contribution in [-0.2, 0) is 5.75 Å². The maximum Gasteiger partial charge on any atom is 0.335 e. The van der Waals surface area contributed by atoms with Crippen molar-refractivity contribution in [2.24, 2.45) is 5.84 Å². The quantitative estimate of drug-likeness (QED) is 0.569. The van der Waals surface area contributed by atoms with E-state index in [4.69, 9.17) is 10.4 Å². The molecule has 0 amide bonds. The van der Waals surface area contributed by atoms with E-state index in [-0.39, 0.29) is 10.8 Å². The van der Waals surface area contributed by atoms with Crippen LogP contribution in [0.1, 0.15) is 26.6 Å². The molecule has 5 nitrogen and oxygen atoms in total. The lowest BCUT2D eigenvalue weighted by Crippen LogP contribution is -2.08. The molecule has 0 saturated carbocycles. The number of nitrogens with one attached hydrogen (secondary N) is 1. The number of hydrogen-bond acceptors (Lipinski definition) is 6. The SMILES string of the molecule is CC(C)(C)SCc1noc(NN)n1. The van der Waals surface area contributed by atoms with Gasteiger partial charge >= 0.3 is 6.01 Å². The second-order valence-electron chi connectivity index (χ2n) is 3.56. The molecule has 74 valence electrons. The van der Waals surface area contributed by atoms with Gasteiger partial charge in [0.15, 0.2) is 5.82 Å². The molecule has 1 aromatic heterocycles. The van der Waals surface area contributed by atoms with Crippen LogP contribution in [0.15, 0.2) is 4.52 Å². The Balaban J connectivity index is 2.46. The minimum atomic E-state index is 0.205. The summed E-state index contributed by atoms with van der Waals surface area (Å²) in [6, 6.07) is 0.254. The number of nitrogen functional groups attached to an aromatic ring is 1. The average molecular weight is 202 g/mol. The van der Waals surface area contributed by atoms with Crippen molar-refractivity contribution in [1.29, 1.82) is 0 Å². The highest BCUT2D eigenvalue weighted by atomic mass is 32.2. The van der Waals surface area contributed by atoms with E-state index >= 15 is 0 Å². The van der Waals surface area contributed by atoms with E-state index < -0.39 is 0 Å². The molecule has 1 rings (SSSR count). The molecule has 1 aromatic rings. The second-order valence-corrected chi connectivity index (χ2v) is 5.36. The molecule has 0 aliphatic heterocycles. The molecule has 0 aromatic carbocycles. The number of nitrogens with zero attached hydrogens (tertiary/aromatic N) is 2. The summed E-state index contributed by atoms with van der Waals surface area (Å²) in [5.74, 6) is 6.48. The van der Waals surface area contributed by atoms with E-state index in [0.717, 1.165) is 5.75 Å². The third kappa shape index (κ3) is 3.65. The van der Waals surface area contributed by atoms with E-state index in [1.807, 2.05) is 0 Å². The Morgan fingerprint density at radius 1 is 1.54 bits per heavy atom. The topological polar surface area (TPSA) is 77.0 Å².